The van der Waals surface area contributed by atoms with Crippen LogP contribution in [0, 0.1) is 0 Å². The molecule has 11 nitrogen and oxygen atoms in total. The molecule has 0 atom stereocenters. The molecule has 2 fully saturated rings. The molecule has 18 rings (SSSR count). The predicted octanol–water partition coefficient (Wildman–Crippen LogP) is 19.9. The van der Waals surface area contributed by atoms with Gasteiger partial charge in [0.05, 0.1) is 27.8 Å². The molecule has 0 spiro atoms. The van der Waals surface area contributed by atoms with E-state index in [4.69, 9.17) is 44.3 Å². The van der Waals surface area contributed by atoms with Crippen molar-refractivity contribution in [3.63, 3.8) is 0 Å². The number of nitrogens with zero attached hydrogens (tertiary/aromatic N) is 10. The van der Waals surface area contributed by atoms with Crippen LogP contribution in [0.1, 0.15) is 74.3 Å². The lowest BCUT2D eigenvalue weighted by Crippen LogP contribution is -2.04. The Hall–Kier alpha value is -11.3. The Morgan fingerprint density at radius 2 is 0.736 bits per heavy atom. The van der Waals surface area contributed by atoms with Gasteiger partial charge in [-0.05, 0) is 134 Å². The molecule has 0 amide bonds. The van der Waals surface area contributed by atoms with Crippen LogP contribution in [0.2, 0.25) is 0 Å². The zero-order valence-corrected chi connectivity index (χ0v) is 49.8. The van der Waals surface area contributed by atoms with E-state index in [0.29, 0.717) is 52.7 Å². The summed E-state index contributed by atoms with van der Waals surface area (Å²) in [7, 11) is 0. The topological polar surface area (TPSA) is 126 Å². The van der Waals surface area contributed by atoms with Crippen molar-refractivity contribution in [3.05, 3.63) is 254 Å². The van der Waals surface area contributed by atoms with Gasteiger partial charge in [-0.2, -0.15) is 0 Å². The summed E-state index contributed by atoms with van der Waals surface area (Å²) in [6.45, 7) is 0. The van der Waals surface area contributed by atoms with Crippen molar-refractivity contribution >= 4 is 65.6 Å². The van der Waals surface area contributed by atoms with E-state index in [9.17, 15) is 0 Å². The monoisotopic (exact) mass is 1170 g/mol. The van der Waals surface area contributed by atoms with Gasteiger partial charge in [0.2, 0.25) is 5.95 Å². The zero-order valence-electron chi connectivity index (χ0n) is 49.8. The molecule has 10 aromatic carbocycles. The van der Waals surface area contributed by atoms with Gasteiger partial charge < -0.3 is 8.98 Å². The maximum absolute atomic E-state index is 6.28. The third kappa shape index (κ3) is 9.25. The molecular formula is C80H58N10O. The Morgan fingerprint density at radius 3 is 1.24 bits per heavy atom. The largest absolute Gasteiger partial charge is 0.456 e. The molecule has 0 saturated heterocycles. The molecule has 434 valence electrons. The maximum atomic E-state index is 6.28. The number of para-hydroxylation sites is 1. The summed E-state index contributed by atoms with van der Waals surface area (Å²) in [4.78, 5) is 42.3. The highest BCUT2D eigenvalue weighted by atomic mass is 16.3. The van der Waals surface area contributed by atoms with E-state index in [1.165, 1.54) is 84.0 Å². The fraction of sp³-hybridized carbons (Fsp3) is 0.125. The van der Waals surface area contributed by atoms with Gasteiger partial charge in [0.1, 0.15) is 11.2 Å². The number of rotatable bonds is 11. The highest BCUT2D eigenvalue weighted by molar-refractivity contribution is 6.29. The van der Waals surface area contributed by atoms with Gasteiger partial charge in [-0.15, -0.1) is 0 Å². The second-order valence-corrected chi connectivity index (χ2v) is 24.4. The minimum atomic E-state index is 0.477. The molecule has 2 saturated carbocycles. The summed E-state index contributed by atoms with van der Waals surface area (Å²) >= 11 is 0. The lowest BCUT2D eigenvalue weighted by Gasteiger charge is -2.15. The van der Waals surface area contributed by atoms with Gasteiger partial charge in [0, 0.05) is 83.1 Å². The van der Waals surface area contributed by atoms with E-state index in [1.54, 1.807) is 0 Å². The SMILES string of the molecule is c1ccc(-c2nc(-c3ccccc3)nc(-c3cc(-c4nc(-c5ccccc5)nc(-c5ccccc5)n4)cc(-n4c5ccc(C6CCCC6)cc5c5c6c7cc(C8CCCC8)ccc7n(-c7nccc(-c8ccc9oc%10ccccc%10c9c8)n7)c6ccc54)c3)n2)cc1. The lowest BCUT2D eigenvalue weighted by molar-refractivity contribution is 0.669. The summed E-state index contributed by atoms with van der Waals surface area (Å²) in [5, 5.41) is 6.86. The fourth-order valence-corrected chi connectivity index (χ4v) is 14.6. The minimum Gasteiger partial charge on any atom is -0.456 e. The first-order valence-electron chi connectivity index (χ1n) is 31.8. The third-order valence-corrected chi connectivity index (χ3v) is 19.0. The standard InChI is InChI=1S/C80H58N10O/c1-5-23-51(24-6-1)74-83-75(52-25-7-2-8-26-52)86-78(85-74)58-43-59(79-87-76(53-27-9-3-10-28-53)84-77(88-79)54-29-11-4-12-30-54)45-60(44-58)89-66-36-33-55(49-19-13-14-20-49)46-63(66)72-68(89)38-39-69-73(72)64-47-56(50-21-15-16-22-50)34-37-67(64)90(69)80-81-42-41-65(82-80)57-35-40-71-62(48-57)61-31-17-18-32-70(61)91-71/h1-12,17-18,23-50H,13-16,19-22H2. The van der Waals surface area contributed by atoms with Crippen molar-refractivity contribution in [1.29, 1.82) is 0 Å². The number of hydrogen-bond acceptors (Lipinski definition) is 9. The van der Waals surface area contributed by atoms with Crippen LogP contribution in [0.25, 0.3) is 157 Å². The first-order valence-corrected chi connectivity index (χ1v) is 31.8. The Bertz CT molecular complexity index is 5230. The van der Waals surface area contributed by atoms with E-state index in [-0.39, 0.29) is 0 Å². The van der Waals surface area contributed by atoms with E-state index >= 15 is 0 Å². The molecule has 91 heavy (non-hydrogen) atoms. The molecule has 2 aliphatic carbocycles. The van der Waals surface area contributed by atoms with Crippen LogP contribution in [0.4, 0.5) is 0 Å². The molecule has 11 heteroatoms. The Kier molecular flexibility index (Phi) is 12.6. The van der Waals surface area contributed by atoms with Crippen molar-refractivity contribution in [1.82, 2.24) is 49.0 Å². The summed E-state index contributed by atoms with van der Waals surface area (Å²) in [6, 6.07) is 82.9. The summed E-state index contributed by atoms with van der Waals surface area (Å²) in [5.41, 5.74) is 16.6. The number of fused-ring (bicyclic) bond motifs is 10. The van der Waals surface area contributed by atoms with Gasteiger partial charge >= 0.3 is 0 Å². The molecule has 16 aromatic rings. The van der Waals surface area contributed by atoms with Crippen molar-refractivity contribution in [2.75, 3.05) is 0 Å². The van der Waals surface area contributed by atoms with Crippen LogP contribution in [-0.2, 0) is 0 Å². The van der Waals surface area contributed by atoms with Crippen LogP contribution in [0.15, 0.2) is 247 Å². The first-order chi connectivity index (χ1) is 45.1. The van der Waals surface area contributed by atoms with E-state index in [2.05, 4.69) is 155 Å². The van der Waals surface area contributed by atoms with Crippen molar-refractivity contribution in [3.8, 4) is 91.2 Å². The summed E-state index contributed by atoms with van der Waals surface area (Å²) in [5.74, 6) is 4.91. The summed E-state index contributed by atoms with van der Waals surface area (Å²) < 4.78 is 11.0. The van der Waals surface area contributed by atoms with Crippen LogP contribution < -0.4 is 0 Å². The average Bonchev–Trinajstić information content (AvgIpc) is 1.56. The average molecular weight is 1180 g/mol. The van der Waals surface area contributed by atoms with Crippen LogP contribution in [0.3, 0.4) is 0 Å². The highest BCUT2D eigenvalue weighted by Gasteiger charge is 2.28. The third-order valence-electron chi connectivity index (χ3n) is 19.0. The molecule has 0 N–H and O–H groups in total. The fourth-order valence-electron chi connectivity index (χ4n) is 14.6. The van der Waals surface area contributed by atoms with Crippen LogP contribution >= 0.6 is 0 Å². The smallest absolute Gasteiger partial charge is 0.235 e. The highest BCUT2D eigenvalue weighted by Crippen LogP contribution is 2.47. The molecule has 6 aromatic heterocycles. The number of benzene rings is 10. The second kappa shape index (κ2) is 21.8. The van der Waals surface area contributed by atoms with Gasteiger partial charge in [0.25, 0.3) is 0 Å². The zero-order chi connectivity index (χ0) is 59.9. The lowest BCUT2D eigenvalue weighted by atomic mass is 9.94. The normalized spacial score (nSPS) is 13.9. The Morgan fingerprint density at radius 1 is 0.308 bits per heavy atom. The molecule has 0 unspecified atom stereocenters. The van der Waals surface area contributed by atoms with Crippen molar-refractivity contribution < 1.29 is 4.42 Å². The molecule has 0 radical (unpaired) electrons. The summed E-state index contributed by atoms with van der Waals surface area (Å²) in [6.07, 6.45) is 11.6. The maximum Gasteiger partial charge on any atom is 0.235 e. The van der Waals surface area contributed by atoms with E-state index < -0.39 is 0 Å². The Labute approximate surface area is 524 Å². The van der Waals surface area contributed by atoms with Gasteiger partial charge in [-0.1, -0.05) is 177 Å². The number of aromatic nitrogens is 10. The predicted molar refractivity (Wildman–Crippen MR) is 365 cm³/mol. The van der Waals surface area contributed by atoms with Crippen LogP contribution in [-0.4, -0.2) is 49.0 Å². The number of furan rings is 1. The Balaban J connectivity index is 0.915. The number of hydrogen-bond donors (Lipinski definition) is 0. The molecule has 0 aliphatic heterocycles. The van der Waals surface area contributed by atoms with Crippen molar-refractivity contribution in [2.45, 2.75) is 63.2 Å². The molecular weight excluding hydrogens is 1120 g/mol. The minimum absolute atomic E-state index is 0.477. The van der Waals surface area contributed by atoms with Gasteiger partial charge in [-0.25, -0.2) is 39.9 Å². The van der Waals surface area contributed by atoms with E-state index in [1.807, 2.05) is 97.2 Å². The van der Waals surface area contributed by atoms with Gasteiger partial charge in [-0.3, -0.25) is 4.57 Å². The second-order valence-electron chi connectivity index (χ2n) is 24.4. The quantitative estimate of drug-likeness (QED) is 0.124. The van der Waals surface area contributed by atoms with Crippen LogP contribution in [0.5, 0.6) is 0 Å². The van der Waals surface area contributed by atoms with E-state index in [0.717, 1.165) is 94.3 Å². The molecule has 0 bridgehead atoms. The van der Waals surface area contributed by atoms with Gasteiger partial charge in [0.15, 0.2) is 34.9 Å². The molecule has 2 aliphatic rings. The molecule has 6 heterocycles. The first kappa shape index (κ1) is 52.8. The van der Waals surface area contributed by atoms with Crippen molar-refractivity contribution in [2.24, 2.45) is 0 Å².